The second kappa shape index (κ2) is 14.8. The van der Waals surface area contributed by atoms with E-state index in [9.17, 15) is 0 Å². The van der Waals surface area contributed by atoms with E-state index in [4.69, 9.17) is 4.74 Å². The molecule has 162 valence electrons. The van der Waals surface area contributed by atoms with Crippen LogP contribution >= 0.6 is 11.8 Å². The molecule has 2 rings (SSSR count). The highest BCUT2D eigenvalue weighted by Crippen LogP contribution is 2.29. The van der Waals surface area contributed by atoms with E-state index >= 15 is 0 Å². The van der Waals surface area contributed by atoms with Gasteiger partial charge in [0, 0.05) is 30.4 Å². The molecule has 0 fully saturated rings. The lowest BCUT2D eigenvalue weighted by molar-refractivity contribution is 0.305. The number of unbranched alkanes of at least 4 members (excludes halogenated alkanes) is 2. The molecule has 0 unspecified atom stereocenters. The molecule has 0 radical (unpaired) electrons. The summed E-state index contributed by atoms with van der Waals surface area (Å²) in [6.45, 7) is 9.44. The Morgan fingerprint density at radius 1 is 0.900 bits per heavy atom. The fourth-order valence-electron chi connectivity index (χ4n) is 3.10. The first-order valence-corrected chi connectivity index (χ1v) is 12.3. The summed E-state index contributed by atoms with van der Waals surface area (Å²) in [4.78, 5) is 2.51. The summed E-state index contributed by atoms with van der Waals surface area (Å²) in [7, 11) is 0. The van der Waals surface area contributed by atoms with Crippen molar-refractivity contribution < 1.29 is 4.74 Å². The van der Waals surface area contributed by atoms with Crippen molar-refractivity contribution >= 4 is 23.5 Å². The van der Waals surface area contributed by atoms with Gasteiger partial charge in [-0.2, -0.15) is 0 Å². The fraction of sp³-hybridized carbons (Fsp3) is 0.407. The quantitative estimate of drug-likeness (QED) is 0.303. The Morgan fingerprint density at radius 2 is 1.63 bits per heavy atom. The number of allylic oxidation sites excluding steroid dienone is 1. The maximum Gasteiger partial charge on any atom is 0.129 e. The molecular weight excluding hydrogens is 386 g/mol. The predicted molar refractivity (Wildman–Crippen MR) is 135 cm³/mol. The summed E-state index contributed by atoms with van der Waals surface area (Å²) in [6.07, 6.45) is 10.2. The Bertz CT molecular complexity index is 762. The van der Waals surface area contributed by atoms with Gasteiger partial charge in [0.05, 0.1) is 0 Å². The van der Waals surface area contributed by atoms with E-state index in [0.29, 0.717) is 6.61 Å². The summed E-state index contributed by atoms with van der Waals surface area (Å²) < 4.78 is 6.30. The molecule has 0 N–H and O–H groups in total. The van der Waals surface area contributed by atoms with Gasteiger partial charge in [0.25, 0.3) is 0 Å². The van der Waals surface area contributed by atoms with Crippen molar-refractivity contribution in [3.05, 3.63) is 76.5 Å². The average molecular weight is 424 g/mol. The van der Waals surface area contributed by atoms with E-state index in [2.05, 4.69) is 91.1 Å². The summed E-state index contributed by atoms with van der Waals surface area (Å²) in [5, 5.41) is 4.26. The lowest BCUT2D eigenvalue weighted by Crippen LogP contribution is -2.25. The number of hydrogen-bond donors (Lipinski definition) is 0. The highest BCUT2D eigenvalue weighted by molar-refractivity contribution is 8.05. The molecule has 0 saturated heterocycles. The summed E-state index contributed by atoms with van der Waals surface area (Å²) in [5.41, 5.74) is 3.57. The second-order valence-corrected chi connectivity index (χ2v) is 8.23. The molecule has 0 spiro atoms. The Kier molecular flexibility index (Phi) is 11.9. The standard InChI is InChI=1S/C27H37NOS/c1-4-7-18-28(19-8-5-2)26-16-15-25(17-21-30-20-9-6-3)27(22-26)29-23-24-13-11-10-12-14-24/h9-17,20-22H,4-8,18-19,23H2,1-3H3/b20-9-,21-17?. The van der Waals surface area contributed by atoms with Crippen LogP contribution in [0.4, 0.5) is 5.69 Å². The molecule has 0 bridgehead atoms. The zero-order valence-corrected chi connectivity index (χ0v) is 19.7. The Balaban J connectivity index is 2.23. The van der Waals surface area contributed by atoms with Crippen LogP contribution in [0.3, 0.4) is 0 Å². The van der Waals surface area contributed by atoms with Crippen LogP contribution in [0.2, 0.25) is 0 Å². The first kappa shape index (κ1) is 24.1. The van der Waals surface area contributed by atoms with Crippen LogP contribution in [0.15, 0.2) is 65.4 Å². The minimum atomic E-state index is 0.581. The van der Waals surface area contributed by atoms with E-state index in [-0.39, 0.29) is 0 Å². The van der Waals surface area contributed by atoms with E-state index in [1.807, 2.05) is 6.07 Å². The molecule has 0 aliphatic carbocycles. The van der Waals surface area contributed by atoms with E-state index in [1.165, 1.54) is 36.9 Å². The molecule has 0 amide bonds. The molecule has 2 aromatic carbocycles. The van der Waals surface area contributed by atoms with Crippen molar-refractivity contribution in [3.63, 3.8) is 0 Å². The van der Waals surface area contributed by atoms with Crippen molar-refractivity contribution in [1.29, 1.82) is 0 Å². The molecule has 2 nitrogen and oxygen atoms in total. The molecule has 0 aromatic heterocycles. The van der Waals surface area contributed by atoms with Crippen LogP contribution in [0.5, 0.6) is 5.75 Å². The third-order valence-corrected chi connectivity index (χ3v) is 5.54. The molecule has 0 atom stereocenters. The number of benzene rings is 2. The van der Waals surface area contributed by atoms with Gasteiger partial charge < -0.3 is 9.64 Å². The molecular formula is C27H37NOS. The van der Waals surface area contributed by atoms with Crippen molar-refractivity contribution in [2.75, 3.05) is 18.0 Å². The lowest BCUT2D eigenvalue weighted by Gasteiger charge is -2.25. The van der Waals surface area contributed by atoms with Crippen molar-refractivity contribution in [2.45, 2.75) is 59.5 Å². The first-order chi connectivity index (χ1) is 14.8. The van der Waals surface area contributed by atoms with Gasteiger partial charge in [-0.05, 0) is 53.9 Å². The molecule has 0 aliphatic heterocycles. The van der Waals surface area contributed by atoms with Crippen LogP contribution in [0, 0.1) is 0 Å². The second-order valence-electron chi connectivity index (χ2n) is 7.41. The summed E-state index contributed by atoms with van der Waals surface area (Å²) >= 11 is 1.70. The number of nitrogens with zero attached hydrogens (tertiary/aromatic N) is 1. The SMILES string of the molecule is CC/C=C\SC=Cc1ccc(N(CCCC)CCCC)cc1OCc1ccccc1. The van der Waals surface area contributed by atoms with Gasteiger partial charge >= 0.3 is 0 Å². The third kappa shape index (κ3) is 8.71. The van der Waals surface area contributed by atoms with E-state index < -0.39 is 0 Å². The van der Waals surface area contributed by atoms with Crippen molar-refractivity contribution in [1.82, 2.24) is 0 Å². The predicted octanol–water partition coefficient (Wildman–Crippen LogP) is 8.30. The van der Waals surface area contributed by atoms with Crippen molar-refractivity contribution in [3.8, 4) is 5.75 Å². The third-order valence-electron chi connectivity index (χ3n) is 4.90. The fourth-order valence-corrected chi connectivity index (χ4v) is 3.71. The average Bonchev–Trinajstić information content (AvgIpc) is 2.79. The number of ether oxygens (including phenoxy) is 1. The van der Waals surface area contributed by atoms with E-state index in [1.54, 1.807) is 11.8 Å². The highest BCUT2D eigenvalue weighted by Gasteiger charge is 2.10. The van der Waals surface area contributed by atoms with Gasteiger partial charge in [0.2, 0.25) is 0 Å². The van der Waals surface area contributed by atoms with Gasteiger partial charge in [0.1, 0.15) is 12.4 Å². The summed E-state index contributed by atoms with van der Waals surface area (Å²) in [5.74, 6) is 0.950. The molecule has 0 saturated carbocycles. The normalized spacial score (nSPS) is 11.4. The van der Waals surface area contributed by atoms with Gasteiger partial charge in [0.15, 0.2) is 0 Å². The Morgan fingerprint density at radius 3 is 2.30 bits per heavy atom. The van der Waals surface area contributed by atoms with Gasteiger partial charge in [-0.1, -0.05) is 70.0 Å². The Hall–Kier alpha value is -2.13. The first-order valence-electron chi connectivity index (χ1n) is 11.3. The lowest BCUT2D eigenvalue weighted by atomic mass is 10.1. The maximum absolute atomic E-state index is 6.30. The molecule has 0 aliphatic rings. The van der Waals surface area contributed by atoms with E-state index in [0.717, 1.165) is 30.8 Å². The minimum absolute atomic E-state index is 0.581. The largest absolute Gasteiger partial charge is 0.488 e. The smallest absolute Gasteiger partial charge is 0.129 e. The van der Waals surface area contributed by atoms with Crippen LogP contribution in [-0.2, 0) is 6.61 Å². The van der Waals surface area contributed by atoms with Gasteiger partial charge in [-0.15, -0.1) is 11.8 Å². The maximum atomic E-state index is 6.30. The number of rotatable bonds is 14. The zero-order chi connectivity index (χ0) is 21.4. The van der Waals surface area contributed by atoms with Crippen LogP contribution < -0.4 is 9.64 Å². The molecule has 3 heteroatoms. The number of anilines is 1. The number of thioether (sulfide) groups is 1. The topological polar surface area (TPSA) is 12.5 Å². The van der Waals surface area contributed by atoms with Crippen LogP contribution in [0.1, 0.15) is 64.0 Å². The van der Waals surface area contributed by atoms with Gasteiger partial charge in [-0.3, -0.25) is 0 Å². The summed E-state index contributed by atoms with van der Waals surface area (Å²) in [6, 6.07) is 17.0. The monoisotopic (exact) mass is 423 g/mol. The Labute approximate surface area is 188 Å². The zero-order valence-electron chi connectivity index (χ0n) is 18.8. The van der Waals surface area contributed by atoms with Crippen molar-refractivity contribution in [2.24, 2.45) is 0 Å². The molecule has 30 heavy (non-hydrogen) atoms. The van der Waals surface area contributed by atoms with Crippen LogP contribution in [-0.4, -0.2) is 13.1 Å². The van der Waals surface area contributed by atoms with Crippen LogP contribution in [0.25, 0.3) is 6.08 Å². The molecule has 2 aromatic rings. The molecule has 0 heterocycles. The number of hydrogen-bond acceptors (Lipinski definition) is 3. The highest BCUT2D eigenvalue weighted by atomic mass is 32.2. The minimum Gasteiger partial charge on any atom is -0.488 e. The van der Waals surface area contributed by atoms with Gasteiger partial charge in [-0.25, -0.2) is 0 Å².